The Labute approximate surface area is 133 Å². The standard InChI is InChI=1S/C19H14O4/c1-23-19-11-6-3-2-5-10(11)9-13-16(19)18(22)15-12(17(13)21)7-4-8-14(15)20/h2,4-5,7-9,20H,3,6H2,1H3. The maximum Gasteiger partial charge on any atom is 0.201 e. The number of fused-ring (bicyclic) bond motifs is 3. The molecule has 0 amide bonds. The van der Waals surface area contributed by atoms with Gasteiger partial charge in [-0.3, -0.25) is 9.59 Å². The minimum absolute atomic E-state index is 0.0644. The fraction of sp³-hybridized carbons (Fsp3) is 0.158. The first-order valence-corrected chi connectivity index (χ1v) is 7.45. The van der Waals surface area contributed by atoms with Crippen LogP contribution in [0.15, 0.2) is 30.3 Å². The third-order valence-corrected chi connectivity index (χ3v) is 4.47. The lowest BCUT2D eigenvalue weighted by atomic mass is 9.79. The Bertz CT molecular complexity index is 906. The summed E-state index contributed by atoms with van der Waals surface area (Å²) in [6, 6.07) is 6.32. The number of aromatic hydroxyl groups is 1. The fourth-order valence-corrected chi connectivity index (χ4v) is 3.43. The van der Waals surface area contributed by atoms with Crippen LogP contribution in [0, 0.1) is 0 Å². The molecule has 0 unspecified atom stereocenters. The second kappa shape index (κ2) is 4.81. The number of carbonyl (C=O) groups excluding carboxylic acids is 2. The van der Waals surface area contributed by atoms with Gasteiger partial charge in [0.15, 0.2) is 5.78 Å². The number of benzene rings is 2. The topological polar surface area (TPSA) is 63.6 Å². The predicted molar refractivity (Wildman–Crippen MR) is 85.3 cm³/mol. The summed E-state index contributed by atoms with van der Waals surface area (Å²) < 4.78 is 5.50. The molecule has 2 aromatic carbocycles. The van der Waals surface area contributed by atoms with Crippen molar-refractivity contribution in [3.63, 3.8) is 0 Å². The van der Waals surface area contributed by atoms with Crippen LogP contribution < -0.4 is 4.74 Å². The van der Waals surface area contributed by atoms with Gasteiger partial charge in [0, 0.05) is 16.7 Å². The van der Waals surface area contributed by atoms with Crippen molar-refractivity contribution in [2.45, 2.75) is 12.8 Å². The molecule has 0 bridgehead atoms. The Kier molecular flexibility index (Phi) is 2.88. The monoisotopic (exact) mass is 306 g/mol. The molecule has 0 atom stereocenters. The Balaban J connectivity index is 2.08. The second-order valence-corrected chi connectivity index (χ2v) is 5.70. The average Bonchev–Trinajstić information content (AvgIpc) is 2.57. The van der Waals surface area contributed by atoms with E-state index in [9.17, 15) is 14.7 Å². The van der Waals surface area contributed by atoms with Crippen molar-refractivity contribution >= 4 is 17.6 Å². The van der Waals surface area contributed by atoms with E-state index in [4.69, 9.17) is 4.74 Å². The molecule has 2 aliphatic rings. The van der Waals surface area contributed by atoms with Gasteiger partial charge in [0.2, 0.25) is 5.78 Å². The van der Waals surface area contributed by atoms with Crippen LogP contribution in [0.3, 0.4) is 0 Å². The quantitative estimate of drug-likeness (QED) is 0.750. The molecule has 4 heteroatoms. The molecular weight excluding hydrogens is 292 g/mol. The molecule has 2 aromatic rings. The zero-order valence-corrected chi connectivity index (χ0v) is 12.6. The fourth-order valence-electron chi connectivity index (χ4n) is 3.43. The van der Waals surface area contributed by atoms with E-state index in [0.29, 0.717) is 11.3 Å². The highest BCUT2D eigenvalue weighted by Crippen LogP contribution is 2.41. The van der Waals surface area contributed by atoms with E-state index in [-0.39, 0.29) is 34.0 Å². The molecule has 0 spiro atoms. The van der Waals surface area contributed by atoms with Crippen LogP contribution in [0.5, 0.6) is 11.5 Å². The molecule has 4 nitrogen and oxygen atoms in total. The molecule has 0 radical (unpaired) electrons. The first-order valence-electron chi connectivity index (χ1n) is 7.45. The lowest BCUT2D eigenvalue weighted by Crippen LogP contribution is -2.23. The van der Waals surface area contributed by atoms with Gasteiger partial charge in [-0.25, -0.2) is 0 Å². The van der Waals surface area contributed by atoms with Gasteiger partial charge in [-0.1, -0.05) is 24.3 Å². The van der Waals surface area contributed by atoms with Crippen LogP contribution in [-0.4, -0.2) is 23.8 Å². The van der Waals surface area contributed by atoms with E-state index >= 15 is 0 Å². The van der Waals surface area contributed by atoms with Crippen LogP contribution in [-0.2, 0) is 6.42 Å². The lowest BCUT2D eigenvalue weighted by Gasteiger charge is -2.24. The summed E-state index contributed by atoms with van der Waals surface area (Å²) in [4.78, 5) is 25.7. The number of allylic oxidation sites excluding steroid dienone is 1. The molecule has 0 aromatic heterocycles. The van der Waals surface area contributed by atoms with Crippen molar-refractivity contribution < 1.29 is 19.4 Å². The molecule has 0 aliphatic heterocycles. The summed E-state index contributed by atoms with van der Waals surface area (Å²) >= 11 is 0. The smallest absolute Gasteiger partial charge is 0.201 e. The van der Waals surface area contributed by atoms with Gasteiger partial charge in [0.05, 0.1) is 18.2 Å². The molecule has 114 valence electrons. The highest BCUT2D eigenvalue weighted by Gasteiger charge is 2.36. The van der Waals surface area contributed by atoms with Gasteiger partial charge < -0.3 is 9.84 Å². The first kappa shape index (κ1) is 13.8. The Morgan fingerprint density at radius 1 is 1.09 bits per heavy atom. The zero-order valence-electron chi connectivity index (χ0n) is 12.6. The maximum absolute atomic E-state index is 12.9. The van der Waals surface area contributed by atoms with Crippen LogP contribution in [0.1, 0.15) is 49.4 Å². The van der Waals surface area contributed by atoms with Crippen molar-refractivity contribution in [1.29, 1.82) is 0 Å². The number of ether oxygens (including phenoxy) is 1. The maximum atomic E-state index is 12.9. The van der Waals surface area contributed by atoms with Crippen molar-refractivity contribution in [2.24, 2.45) is 0 Å². The number of carbonyl (C=O) groups is 2. The van der Waals surface area contributed by atoms with Crippen molar-refractivity contribution in [3.05, 3.63) is 63.7 Å². The summed E-state index contributed by atoms with van der Waals surface area (Å²) in [5.41, 5.74) is 2.76. The third kappa shape index (κ3) is 1.78. The molecule has 0 saturated carbocycles. The SMILES string of the molecule is COc1c2c(cc3c1C(=O)c1c(O)cccc1C3=O)C=CCC2. The van der Waals surface area contributed by atoms with Gasteiger partial charge in [-0.2, -0.15) is 0 Å². The van der Waals surface area contributed by atoms with E-state index in [1.54, 1.807) is 18.2 Å². The summed E-state index contributed by atoms with van der Waals surface area (Å²) in [7, 11) is 1.51. The van der Waals surface area contributed by atoms with Crippen LogP contribution >= 0.6 is 0 Å². The second-order valence-electron chi connectivity index (χ2n) is 5.70. The summed E-state index contributed by atoms with van der Waals surface area (Å²) in [5, 5.41) is 10.0. The number of rotatable bonds is 1. The molecule has 0 saturated heterocycles. The number of hydrogen-bond donors (Lipinski definition) is 1. The minimum atomic E-state index is -0.359. The lowest BCUT2D eigenvalue weighted by molar-refractivity contribution is 0.0974. The van der Waals surface area contributed by atoms with E-state index in [0.717, 1.165) is 24.0 Å². The Morgan fingerprint density at radius 2 is 1.91 bits per heavy atom. The summed E-state index contributed by atoms with van der Waals surface area (Å²) in [6.45, 7) is 0. The summed E-state index contributed by atoms with van der Waals surface area (Å²) in [6.07, 6.45) is 5.63. The molecule has 0 fully saturated rings. The predicted octanol–water partition coefficient (Wildman–Crippen LogP) is 3.14. The van der Waals surface area contributed by atoms with Gasteiger partial charge in [-0.05, 0) is 30.5 Å². The van der Waals surface area contributed by atoms with E-state index in [2.05, 4.69) is 0 Å². The van der Waals surface area contributed by atoms with Crippen molar-refractivity contribution in [1.82, 2.24) is 0 Å². The molecule has 0 heterocycles. The van der Waals surface area contributed by atoms with Gasteiger partial charge >= 0.3 is 0 Å². The Hall–Kier alpha value is -2.88. The molecule has 4 rings (SSSR count). The van der Waals surface area contributed by atoms with Crippen LogP contribution in [0.25, 0.3) is 6.08 Å². The van der Waals surface area contributed by atoms with Gasteiger partial charge in [-0.15, -0.1) is 0 Å². The van der Waals surface area contributed by atoms with Gasteiger partial charge in [0.1, 0.15) is 11.5 Å². The van der Waals surface area contributed by atoms with Crippen molar-refractivity contribution in [2.75, 3.05) is 7.11 Å². The van der Waals surface area contributed by atoms with Crippen LogP contribution in [0.2, 0.25) is 0 Å². The molecular formula is C19H14O4. The molecule has 23 heavy (non-hydrogen) atoms. The highest BCUT2D eigenvalue weighted by molar-refractivity contribution is 6.30. The van der Waals surface area contributed by atoms with Gasteiger partial charge in [0.25, 0.3) is 0 Å². The van der Waals surface area contributed by atoms with E-state index in [1.807, 2.05) is 12.2 Å². The number of methoxy groups -OCH3 is 1. The minimum Gasteiger partial charge on any atom is -0.507 e. The normalized spacial score (nSPS) is 15.0. The number of ketones is 2. The third-order valence-electron chi connectivity index (χ3n) is 4.47. The largest absolute Gasteiger partial charge is 0.507 e. The first-order chi connectivity index (χ1) is 11.1. The molecule has 1 N–H and O–H groups in total. The number of hydrogen-bond acceptors (Lipinski definition) is 4. The Morgan fingerprint density at radius 3 is 2.70 bits per heavy atom. The van der Waals surface area contributed by atoms with E-state index < -0.39 is 0 Å². The summed E-state index contributed by atoms with van der Waals surface area (Å²) in [5.74, 6) is -0.340. The molecule has 2 aliphatic carbocycles. The number of phenols is 1. The average molecular weight is 306 g/mol. The zero-order chi connectivity index (χ0) is 16.1. The highest BCUT2D eigenvalue weighted by atomic mass is 16.5. The van der Waals surface area contributed by atoms with Crippen molar-refractivity contribution in [3.8, 4) is 11.5 Å². The number of phenolic OH excluding ortho intramolecular Hbond substituents is 1. The van der Waals surface area contributed by atoms with Crippen LogP contribution in [0.4, 0.5) is 0 Å². The van der Waals surface area contributed by atoms with E-state index in [1.165, 1.54) is 13.2 Å².